The number of hydrogen-bond acceptors (Lipinski definition) is 3. The molecule has 0 radical (unpaired) electrons. The molecule has 0 unspecified atom stereocenters. The van der Waals surface area contributed by atoms with Gasteiger partial charge in [-0.25, -0.2) is 4.79 Å². The smallest absolute Gasteiger partial charge is 0.384 e. The summed E-state index contributed by atoms with van der Waals surface area (Å²) >= 11 is 0. The van der Waals surface area contributed by atoms with Crippen molar-refractivity contribution < 1.29 is 14.3 Å². The predicted molar refractivity (Wildman–Crippen MR) is 109 cm³/mol. The van der Waals surface area contributed by atoms with E-state index >= 15 is 0 Å². The minimum absolute atomic E-state index is 0.0371. The van der Waals surface area contributed by atoms with Crippen LogP contribution in [-0.4, -0.2) is 19.2 Å². The van der Waals surface area contributed by atoms with Crippen molar-refractivity contribution in [2.75, 3.05) is 7.11 Å². The molecule has 1 aliphatic carbocycles. The number of carbonyl (C=O) groups excluding carboxylic acids is 1. The van der Waals surface area contributed by atoms with Crippen LogP contribution in [0.1, 0.15) is 45.6 Å². The van der Waals surface area contributed by atoms with E-state index in [9.17, 15) is 4.79 Å². The maximum absolute atomic E-state index is 12.5. The largest absolute Gasteiger partial charge is 0.495 e. The first-order valence-corrected chi connectivity index (χ1v) is 9.78. The highest BCUT2D eigenvalue weighted by molar-refractivity contribution is 5.94. The van der Waals surface area contributed by atoms with Crippen LogP contribution >= 0.6 is 0 Å². The molecule has 0 N–H and O–H groups in total. The predicted octanol–water partition coefficient (Wildman–Crippen LogP) is 5.20. The van der Waals surface area contributed by atoms with Gasteiger partial charge in [-0.15, -0.1) is 0 Å². The average Bonchev–Trinajstić information content (AvgIpc) is 2.65. The fraction of sp³-hybridized carbons (Fsp3) is 0.458. The highest BCUT2D eigenvalue weighted by Crippen LogP contribution is 2.35. The Hall–Kier alpha value is -2.47. The Morgan fingerprint density at radius 3 is 2.67 bits per heavy atom. The number of fused-ring (bicyclic) bond motifs is 1. The van der Waals surface area contributed by atoms with Crippen LogP contribution in [0, 0.1) is 29.6 Å². The van der Waals surface area contributed by atoms with Crippen molar-refractivity contribution in [1.29, 1.82) is 0 Å². The Morgan fingerprint density at radius 2 is 1.93 bits per heavy atom. The zero-order valence-corrected chi connectivity index (χ0v) is 16.6. The van der Waals surface area contributed by atoms with E-state index in [-0.39, 0.29) is 6.10 Å². The van der Waals surface area contributed by atoms with Crippen LogP contribution in [0.15, 0.2) is 36.4 Å². The van der Waals surface area contributed by atoms with Crippen molar-refractivity contribution >= 4 is 16.7 Å². The molecule has 0 saturated heterocycles. The first kappa shape index (κ1) is 19.3. The first-order valence-electron chi connectivity index (χ1n) is 9.78. The van der Waals surface area contributed by atoms with Crippen molar-refractivity contribution in [1.82, 2.24) is 0 Å². The number of benzene rings is 2. The van der Waals surface area contributed by atoms with Gasteiger partial charge in [0.15, 0.2) is 0 Å². The van der Waals surface area contributed by atoms with E-state index in [1.807, 2.05) is 36.4 Å². The van der Waals surface area contributed by atoms with Crippen LogP contribution in [0.5, 0.6) is 5.75 Å². The number of ether oxygens (including phenoxy) is 2. The zero-order chi connectivity index (χ0) is 19.4. The number of hydrogen-bond donors (Lipinski definition) is 0. The molecule has 3 heteroatoms. The highest BCUT2D eigenvalue weighted by atomic mass is 16.5. The van der Waals surface area contributed by atoms with Crippen LogP contribution in [-0.2, 0) is 9.53 Å². The summed E-state index contributed by atoms with van der Waals surface area (Å²) in [5, 5.41) is 2.04. The highest BCUT2D eigenvalue weighted by Gasteiger charge is 2.33. The van der Waals surface area contributed by atoms with E-state index in [1.54, 1.807) is 7.11 Å². The molecule has 2 aromatic rings. The normalized spacial score (nSPS) is 22.2. The van der Waals surface area contributed by atoms with Gasteiger partial charge in [0.1, 0.15) is 11.9 Å². The van der Waals surface area contributed by atoms with Gasteiger partial charge < -0.3 is 9.47 Å². The lowest BCUT2D eigenvalue weighted by Crippen LogP contribution is -2.35. The van der Waals surface area contributed by atoms with Crippen molar-refractivity contribution in [2.24, 2.45) is 17.8 Å². The van der Waals surface area contributed by atoms with E-state index in [0.717, 1.165) is 29.2 Å². The third-order valence-electron chi connectivity index (χ3n) is 5.62. The Labute approximate surface area is 162 Å². The molecule has 1 saturated carbocycles. The van der Waals surface area contributed by atoms with Gasteiger partial charge in [0, 0.05) is 11.3 Å². The lowest BCUT2D eigenvalue weighted by Gasteiger charge is -2.36. The molecule has 3 atom stereocenters. The minimum Gasteiger partial charge on any atom is -0.495 e. The Morgan fingerprint density at radius 1 is 1.15 bits per heavy atom. The molecule has 3 rings (SSSR count). The summed E-state index contributed by atoms with van der Waals surface area (Å²) < 4.78 is 11.2. The lowest BCUT2D eigenvalue weighted by atomic mass is 9.75. The van der Waals surface area contributed by atoms with Gasteiger partial charge in [-0.1, -0.05) is 63.4 Å². The van der Waals surface area contributed by atoms with E-state index in [0.29, 0.717) is 23.5 Å². The van der Waals surface area contributed by atoms with Crippen molar-refractivity contribution in [2.45, 2.75) is 46.1 Å². The third-order valence-corrected chi connectivity index (χ3v) is 5.62. The number of carbonyl (C=O) groups is 1. The summed E-state index contributed by atoms with van der Waals surface area (Å²) in [6.07, 6.45) is 3.20. The summed E-state index contributed by atoms with van der Waals surface area (Å²) in [6.45, 7) is 6.63. The van der Waals surface area contributed by atoms with Crippen molar-refractivity contribution in [3.05, 3.63) is 42.0 Å². The van der Waals surface area contributed by atoms with Gasteiger partial charge in [-0.3, -0.25) is 0 Å². The second-order valence-electron chi connectivity index (χ2n) is 7.88. The molecule has 0 amide bonds. The van der Waals surface area contributed by atoms with Gasteiger partial charge in [-0.2, -0.15) is 0 Å². The van der Waals surface area contributed by atoms with Crippen LogP contribution in [0.2, 0.25) is 0 Å². The van der Waals surface area contributed by atoms with Gasteiger partial charge in [-0.05, 0) is 42.0 Å². The van der Waals surface area contributed by atoms with Crippen LogP contribution < -0.4 is 4.74 Å². The Bertz CT molecular complexity index is 872. The van der Waals surface area contributed by atoms with E-state index < -0.39 is 5.97 Å². The molecular weight excluding hydrogens is 336 g/mol. The molecule has 1 aliphatic rings. The first-order chi connectivity index (χ1) is 13.0. The Kier molecular flexibility index (Phi) is 6.06. The number of rotatable bonds is 3. The van der Waals surface area contributed by atoms with Crippen molar-refractivity contribution in [3.63, 3.8) is 0 Å². The maximum Gasteiger partial charge on any atom is 0.384 e. The monoisotopic (exact) mass is 364 g/mol. The molecule has 2 aromatic carbocycles. The fourth-order valence-electron chi connectivity index (χ4n) is 4.08. The molecule has 0 bridgehead atoms. The summed E-state index contributed by atoms with van der Waals surface area (Å²) in [7, 11) is 1.62. The lowest BCUT2D eigenvalue weighted by molar-refractivity contribution is -0.148. The molecule has 0 aromatic heterocycles. The zero-order valence-electron chi connectivity index (χ0n) is 16.6. The molecule has 142 valence electrons. The summed E-state index contributed by atoms with van der Waals surface area (Å²) in [4.78, 5) is 12.5. The van der Waals surface area contributed by atoms with Gasteiger partial charge in [0.05, 0.1) is 12.7 Å². The average molecular weight is 364 g/mol. The van der Waals surface area contributed by atoms with Crippen LogP contribution in [0.3, 0.4) is 0 Å². The van der Waals surface area contributed by atoms with Gasteiger partial charge in [0.25, 0.3) is 0 Å². The summed E-state index contributed by atoms with van der Waals surface area (Å²) in [5.74, 6) is 7.42. The summed E-state index contributed by atoms with van der Waals surface area (Å²) in [6, 6.07) is 11.8. The number of methoxy groups -OCH3 is 1. The van der Waals surface area contributed by atoms with E-state index in [4.69, 9.17) is 9.47 Å². The molecule has 0 heterocycles. The number of esters is 1. The molecular formula is C24H28O3. The molecule has 1 fully saturated rings. The maximum atomic E-state index is 12.5. The van der Waals surface area contributed by atoms with Crippen LogP contribution in [0.25, 0.3) is 10.8 Å². The van der Waals surface area contributed by atoms with E-state index in [2.05, 4.69) is 32.6 Å². The van der Waals surface area contributed by atoms with Crippen molar-refractivity contribution in [3.8, 4) is 17.6 Å². The summed E-state index contributed by atoms with van der Waals surface area (Å²) in [5.41, 5.74) is 0.727. The SMILES string of the molecule is COc1ccc2ccccc2c1C#CC(=O)O[C@@H]1C[C@H](C)CC[C@H]1C(C)C. The second-order valence-corrected chi connectivity index (χ2v) is 7.88. The molecule has 0 spiro atoms. The molecule has 27 heavy (non-hydrogen) atoms. The fourth-order valence-corrected chi connectivity index (χ4v) is 4.08. The minimum atomic E-state index is -0.449. The second kappa shape index (κ2) is 8.48. The quantitative estimate of drug-likeness (QED) is 0.554. The Balaban J connectivity index is 1.83. The molecule has 0 aliphatic heterocycles. The topological polar surface area (TPSA) is 35.5 Å². The van der Waals surface area contributed by atoms with Gasteiger partial charge >= 0.3 is 5.97 Å². The molecule has 3 nitrogen and oxygen atoms in total. The van der Waals surface area contributed by atoms with Crippen LogP contribution in [0.4, 0.5) is 0 Å². The third kappa shape index (κ3) is 4.45. The van der Waals surface area contributed by atoms with E-state index in [1.165, 1.54) is 6.42 Å². The van der Waals surface area contributed by atoms with Gasteiger partial charge in [0.2, 0.25) is 0 Å². The standard InChI is InChI=1S/C24H28O3/c1-16(2)19-11-9-17(3)15-23(19)27-24(25)14-12-21-20-8-6-5-7-18(20)10-13-22(21)26-4/h5-8,10,13,16-17,19,23H,9,11,15H2,1-4H3/t17-,19+,23-/m1/s1.